The molecule has 3 rings (SSSR count). The van der Waals surface area contributed by atoms with Gasteiger partial charge in [-0.05, 0) is 46.4 Å². The molecule has 6 heteroatoms. The minimum Gasteiger partial charge on any atom is -0.366 e. The van der Waals surface area contributed by atoms with Crippen LogP contribution in [0.25, 0.3) is 0 Å². The number of carbonyl (C=O) groups is 1. The molecule has 0 bridgehead atoms. The van der Waals surface area contributed by atoms with Crippen LogP contribution in [0.2, 0.25) is 0 Å². The van der Waals surface area contributed by atoms with E-state index in [4.69, 9.17) is 5.73 Å². The molecule has 1 aliphatic rings. The average Bonchev–Trinajstić information content (AvgIpc) is 3.08. The summed E-state index contributed by atoms with van der Waals surface area (Å²) in [4.78, 5) is 15.2. The highest BCUT2D eigenvalue weighted by Gasteiger charge is 2.29. The van der Waals surface area contributed by atoms with Crippen LogP contribution >= 0.6 is 27.3 Å². The summed E-state index contributed by atoms with van der Waals surface area (Å²) in [5.41, 5.74) is 8.55. The number of anilines is 2. The van der Waals surface area contributed by atoms with E-state index in [1.54, 1.807) is 11.3 Å². The van der Waals surface area contributed by atoms with Crippen LogP contribution < -0.4 is 16.0 Å². The molecule has 0 spiro atoms. The number of rotatable bonds is 3. The van der Waals surface area contributed by atoms with Crippen LogP contribution in [0.15, 0.2) is 34.1 Å². The largest absolute Gasteiger partial charge is 0.366 e. The molecule has 4 nitrogen and oxygen atoms in total. The quantitative estimate of drug-likeness (QED) is 0.872. The van der Waals surface area contributed by atoms with E-state index in [2.05, 4.69) is 50.6 Å². The van der Waals surface area contributed by atoms with Crippen LogP contribution in [0, 0.1) is 0 Å². The van der Waals surface area contributed by atoms with Crippen molar-refractivity contribution >= 4 is 44.5 Å². The Hall–Kier alpha value is -1.37. The van der Waals surface area contributed by atoms with Crippen LogP contribution in [0.3, 0.4) is 0 Å². The fourth-order valence-electron chi connectivity index (χ4n) is 2.49. The maximum absolute atomic E-state index is 11.7. The Morgan fingerprint density at radius 2 is 2.24 bits per heavy atom. The molecule has 2 unspecified atom stereocenters. The predicted octanol–water partition coefficient (Wildman–Crippen LogP) is 3.66. The maximum atomic E-state index is 11.7. The van der Waals surface area contributed by atoms with Gasteiger partial charge in [0.2, 0.25) is 5.91 Å². The third kappa shape index (κ3) is 2.47. The fourth-order valence-corrected chi connectivity index (χ4v) is 3.96. The number of halogens is 1. The van der Waals surface area contributed by atoms with E-state index in [9.17, 15) is 4.79 Å². The van der Waals surface area contributed by atoms with Gasteiger partial charge in [0.15, 0.2) is 0 Å². The first-order chi connectivity index (χ1) is 9.99. The lowest BCUT2D eigenvalue weighted by molar-refractivity contribution is -0.116. The smallest absolute Gasteiger partial charge is 0.245 e. The average molecular weight is 366 g/mol. The molecule has 0 saturated heterocycles. The summed E-state index contributed by atoms with van der Waals surface area (Å²) in [5.74, 6) is -0.150. The minimum atomic E-state index is -0.578. The molecular formula is C15H16BrN3OS. The van der Waals surface area contributed by atoms with E-state index in [0.29, 0.717) is 0 Å². The van der Waals surface area contributed by atoms with E-state index < -0.39 is 6.04 Å². The third-order valence-electron chi connectivity index (χ3n) is 3.91. The maximum Gasteiger partial charge on any atom is 0.245 e. The Bertz CT molecular complexity index is 686. The van der Waals surface area contributed by atoms with Gasteiger partial charge in [0.1, 0.15) is 6.04 Å². The molecule has 21 heavy (non-hydrogen) atoms. The third-order valence-corrected chi connectivity index (χ3v) is 5.59. The van der Waals surface area contributed by atoms with Crippen molar-refractivity contribution in [2.24, 2.45) is 5.73 Å². The number of hydrogen-bond donors (Lipinski definition) is 2. The number of nitrogens with two attached hydrogens (primary N) is 1. The van der Waals surface area contributed by atoms with Gasteiger partial charge in [0.05, 0.1) is 11.7 Å². The molecule has 2 atom stereocenters. The van der Waals surface area contributed by atoms with Crippen LogP contribution in [-0.4, -0.2) is 13.0 Å². The van der Waals surface area contributed by atoms with Crippen molar-refractivity contribution in [2.45, 2.75) is 19.0 Å². The number of amides is 1. The van der Waals surface area contributed by atoms with Crippen molar-refractivity contribution in [3.8, 4) is 0 Å². The first kappa shape index (κ1) is 14.6. The van der Waals surface area contributed by atoms with E-state index in [1.807, 2.05) is 19.2 Å². The van der Waals surface area contributed by atoms with Gasteiger partial charge in [-0.25, -0.2) is 0 Å². The van der Waals surface area contributed by atoms with Crippen molar-refractivity contribution in [3.05, 3.63) is 44.6 Å². The zero-order valence-electron chi connectivity index (χ0n) is 11.8. The second-order valence-electron chi connectivity index (χ2n) is 5.16. The van der Waals surface area contributed by atoms with E-state index in [-0.39, 0.29) is 11.9 Å². The lowest BCUT2D eigenvalue weighted by Gasteiger charge is -2.28. The summed E-state index contributed by atoms with van der Waals surface area (Å²) in [6, 6.07) is 7.78. The topological polar surface area (TPSA) is 58.4 Å². The molecule has 1 amide bonds. The highest BCUT2D eigenvalue weighted by atomic mass is 79.9. The van der Waals surface area contributed by atoms with Gasteiger partial charge in [-0.2, -0.15) is 0 Å². The summed E-state index contributed by atoms with van der Waals surface area (Å²) in [5, 5.41) is 4.91. The van der Waals surface area contributed by atoms with E-state index in [0.717, 1.165) is 21.4 Å². The number of benzene rings is 1. The zero-order valence-corrected chi connectivity index (χ0v) is 14.2. The Balaban J connectivity index is 1.97. The van der Waals surface area contributed by atoms with Crippen molar-refractivity contribution in [3.63, 3.8) is 0 Å². The van der Waals surface area contributed by atoms with Gasteiger partial charge < -0.3 is 16.0 Å². The number of thiophene rings is 1. The van der Waals surface area contributed by atoms with Crippen LogP contribution in [0.4, 0.5) is 11.4 Å². The zero-order chi connectivity index (χ0) is 15.1. The molecular weight excluding hydrogens is 350 g/mol. The number of nitrogens with zero attached hydrogens (tertiary/aromatic N) is 1. The predicted molar refractivity (Wildman–Crippen MR) is 90.8 cm³/mol. The van der Waals surface area contributed by atoms with Crippen LogP contribution in [-0.2, 0) is 4.79 Å². The Morgan fingerprint density at radius 1 is 1.48 bits per heavy atom. The molecule has 0 aliphatic carbocycles. The molecule has 0 saturated carbocycles. The molecule has 1 aromatic heterocycles. The molecule has 110 valence electrons. The van der Waals surface area contributed by atoms with Crippen molar-refractivity contribution in [1.82, 2.24) is 0 Å². The molecule has 0 fully saturated rings. The summed E-state index contributed by atoms with van der Waals surface area (Å²) < 4.78 is 0.944. The summed E-state index contributed by atoms with van der Waals surface area (Å²) in [6.45, 7) is 2.16. The summed E-state index contributed by atoms with van der Waals surface area (Å²) in [6.07, 6.45) is 0. The number of fused-ring (bicyclic) bond motifs is 1. The lowest BCUT2D eigenvalue weighted by atomic mass is 10.1. The molecule has 0 radical (unpaired) electrons. The molecule has 3 N–H and O–H groups in total. The normalized spacial score (nSPS) is 18.3. The first-order valence-electron chi connectivity index (χ1n) is 6.65. The first-order valence-corrected chi connectivity index (χ1v) is 8.32. The van der Waals surface area contributed by atoms with Gasteiger partial charge in [0, 0.05) is 27.6 Å². The second-order valence-corrected chi connectivity index (χ2v) is 6.99. The highest BCUT2D eigenvalue weighted by molar-refractivity contribution is 9.10. The van der Waals surface area contributed by atoms with Crippen LogP contribution in [0.5, 0.6) is 0 Å². The molecule has 1 aromatic carbocycles. The van der Waals surface area contributed by atoms with E-state index in [1.165, 1.54) is 4.88 Å². The highest BCUT2D eigenvalue weighted by Crippen LogP contribution is 2.40. The monoisotopic (exact) mass is 365 g/mol. The summed E-state index contributed by atoms with van der Waals surface area (Å²) >= 11 is 5.34. The minimum absolute atomic E-state index is 0.150. The van der Waals surface area contributed by atoms with Crippen molar-refractivity contribution in [2.75, 3.05) is 17.3 Å². The van der Waals surface area contributed by atoms with Gasteiger partial charge in [-0.1, -0.05) is 6.07 Å². The molecule has 1 aliphatic heterocycles. The number of nitrogens with one attached hydrogen (secondary N) is 1. The Morgan fingerprint density at radius 3 is 2.90 bits per heavy atom. The lowest BCUT2D eigenvalue weighted by Crippen LogP contribution is -2.21. The Kier molecular flexibility index (Phi) is 3.77. The number of hydrogen-bond acceptors (Lipinski definition) is 4. The Labute approximate surface area is 136 Å². The van der Waals surface area contributed by atoms with Crippen LogP contribution in [0.1, 0.15) is 29.4 Å². The standard InChI is InChI=1S/C15H16BrN3OS/c1-8(13-4-3-5-21-13)19(2)12-7-11-9(6-10(12)16)14(17)15(20)18-11/h3-8,14H,17H2,1-2H3,(H,18,20). The van der Waals surface area contributed by atoms with E-state index >= 15 is 0 Å². The summed E-state index contributed by atoms with van der Waals surface area (Å²) in [7, 11) is 2.05. The fraction of sp³-hybridized carbons (Fsp3) is 0.267. The van der Waals surface area contributed by atoms with Crippen molar-refractivity contribution in [1.29, 1.82) is 0 Å². The van der Waals surface area contributed by atoms with Crippen molar-refractivity contribution < 1.29 is 4.79 Å². The molecule has 2 heterocycles. The van der Waals surface area contributed by atoms with Gasteiger partial charge in [-0.15, -0.1) is 11.3 Å². The van der Waals surface area contributed by atoms with Gasteiger partial charge in [0.25, 0.3) is 0 Å². The SMILES string of the molecule is CC(c1cccs1)N(C)c1cc2c(cc1Br)C(N)C(=O)N2. The van der Waals surface area contributed by atoms with Gasteiger partial charge >= 0.3 is 0 Å². The van der Waals surface area contributed by atoms with Gasteiger partial charge in [-0.3, -0.25) is 4.79 Å². The molecule has 2 aromatic rings. The number of carbonyl (C=O) groups excluding carboxylic acids is 1. The second kappa shape index (κ2) is 5.44.